The molecule has 0 aliphatic rings. The lowest BCUT2D eigenvalue weighted by Gasteiger charge is -2.45. The van der Waals surface area contributed by atoms with Crippen molar-refractivity contribution in [1.29, 1.82) is 0 Å². The average molecular weight is 316 g/mol. The number of nitrogens with one attached hydrogen (secondary N) is 1. The van der Waals surface area contributed by atoms with Gasteiger partial charge < -0.3 is 9.22 Å². The van der Waals surface area contributed by atoms with Crippen LogP contribution in [0.5, 0.6) is 0 Å². The van der Waals surface area contributed by atoms with Gasteiger partial charge in [0.2, 0.25) is 0 Å². The molecule has 0 spiro atoms. The van der Waals surface area contributed by atoms with Gasteiger partial charge in [-0.1, -0.05) is 47.0 Å². The summed E-state index contributed by atoms with van der Waals surface area (Å²) in [5.41, 5.74) is 0. The Bertz CT molecular complexity index is 260. The van der Waals surface area contributed by atoms with E-state index in [1.165, 1.54) is 45.6 Å². The minimum atomic E-state index is -0.287. The van der Waals surface area contributed by atoms with Crippen LogP contribution in [0.1, 0.15) is 79.1 Å². The molecule has 0 aromatic rings. The van der Waals surface area contributed by atoms with Crippen molar-refractivity contribution in [3.63, 3.8) is 0 Å². The molecule has 1 atom stereocenters. The second-order valence-electron chi connectivity index (χ2n) is 6.39. The van der Waals surface area contributed by atoms with E-state index in [0.29, 0.717) is 0 Å². The zero-order valence-corrected chi connectivity index (χ0v) is 15.6. The molecule has 0 heterocycles. The second-order valence-corrected chi connectivity index (χ2v) is 6.39. The number of ether oxygens (including phenoxy) is 1. The van der Waals surface area contributed by atoms with Gasteiger partial charge in [-0.05, 0) is 25.7 Å². The van der Waals surface area contributed by atoms with Crippen LogP contribution in [-0.2, 0) is 4.74 Å². The van der Waals surface area contributed by atoms with Gasteiger partial charge in [0, 0.05) is 6.42 Å². The quantitative estimate of drug-likeness (QED) is 0.396. The molecule has 0 bridgehead atoms. The minimum Gasteiger partial charge on any atom is -0.453 e. The molecular formula is C18H39N2O2+. The van der Waals surface area contributed by atoms with Crippen LogP contribution in [-0.4, -0.2) is 43.5 Å². The van der Waals surface area contributed by atoms with Crippen molar-refractivity contribution >= 4 is 6.09 Å². The lowest BCUT2D eigenvalue weighted by Crippen LogP contribution is -2.63. The van der Waals surface area contributed by atoms with Gasteiger partial charge in [0.1, 0.15) is 0 Å². The predicted molar refractivity (Wildman–Crippen MR) is 93.8 cm³/mol. The van der Waals surface area contributed by atoms with E-state index < -0.39 is 0 Å². The fourth-order valence-electron chi connectivity index (χ4n) is 3.17. The van der Waals surface area contributed by atoms with Crippen molar-refractivity contribution in [2.75, 3.05) is 26.7 Å². The lowest BCUT2D eigenvalue weighted by atomic mass is 10.1. The van der Waals surface area contributed by atoms with Crippen LogP contribution in [0.3, 0.4) is 0 Å². The number of hydrogen-bond donors (Lipinski definition) is 1. The summed E-state index contributed by atoms with van der Waals surface area (Å²) in [6.07, 6.45) is 9.27. The molecule has 0 aromatic heterocycles. The number of rotatable bonds is 13. The average Bonchev–Trinajstić information content (AvgIpc) is 2.54. The van der Waals surface area contributed by atoms with Gasteiger partial charge in [0.15, 0.2) is 6.17 Å². The van der Waals surface area contributed by atoms with E-state index in [1.54, 1.807) is 0 Å². The number of alkyl carbamates (subject to hydrolysis) is 1. The molecule has 4 heteroatoms. The third kappa shape index (κ3) is 7.48. The standard InChI is InChI=1S/C18H38N2O2/c1-6-10-14-20(15-11-7-2,16-12-8-3)17(13-9-4)19-18(21)22-5/h17H,6-16H2,1-5H3/p+1. The molecule has 0 saturated heterocycles. The van der Waals surface area contributed by atoms with Gasteiger partial charge in [-0.3, -0.25) is 5.32 Å². The Morgan fingerprint density at radius 2 is 1.36 bits per heavy atom. The molecule has 0 radical (unpaired) electrons. The summed E-state index contributed by atoms with van der Waals surface area (Å²) in [5.74, 6) is 0. The number of quaternary nitrogens is 1. The molecule has 1 amide bonds. The Morgan fingerprint density at radius 1 is 0.909 bits per heavy atom. The summed E-state index contributed by atoms with van der Waals surface area (Å²) in [5, 5.41) is 3.15. The monoisotopic (exact) mass is 315 g/mol. The lowest BCUT2D eigenvalue weighted by molar-refractivity contribution is -0.954. The fraction of sp³-hybridized carbons (Fsp3) is 0.944. The maximum Gasteiger partial charge on any atom is 0.411 e. The Hall–Kier alpha value is -0.770. The third-order valence-corrected chi connectivity index (χ3v) is 4.56. The van der Waals surface area contributed by atoms with Gasteiger partial charge in [-0.2, -0.15) is 0 Å². The summed E-state index contributed by atoms with van der Waals surface area (Å²) in [6.45, 7) is 12.4. The van der Waals surface area contributed by atoms with Gasteiger partial charge >= 0.3 is 6.09 Å². The van der Waals surface area contributed by atoms with Crippen molar-refractivity contribution in [3.05, 3.63) is 0 Å². The van der Waals surface area contributed by atoms with Crippen LogP contribution in [0, 0.1) is 0 Å². The van der Waals surface area contributed by atoms with Crippen LogP contribution < -0.4 is 5.32 Å². The van der Waals surface area contributed by atoms with E-state index in [9.17, 15) is 4.79 Å². The summed E-state index contributed by atoms with van der Waals surface area (Å²) in [7, 11) is 1.46. The Kier molecular flexibility index (Phi) is 12.3. The maximum atomic E-state index is 11.8. The van der Waals surface area contributed by atoms with Crippen LogP contribution in [0.2, 0.25) is 0 Å². The van der Waals surface area contributed by atoms with E-state index in [0.717, 1.165) is 37.0 Å². The van der Waals surface area contributed by atoms with Crippen molar-refractivity contribution in [1.82, 2.24) is 5.32 Å². The van der Waals surface area contributed by atoms with Gasteiger partial charge in [0.05, 0.1) is 26.7 Å². The summed E-state index contributed by atoms with van der Waals surface area (Å²) in [4.78, 5) is 11.8. The highest BCUT2D eigenvalue weighted by molar-refractivity contribution is 5.67. The van der Waals surface area contributed by atoms with Crippen LogP contribution in [0.15, 0.2) is 0 Å². The Labute approximate surface area is 138 Å². The summed E-state index contributed by atoms with van der Waals surface area (Å²) >= 11 is 0. The minimum absolute atomic E-state index is 0.182. The first-order chi connectivity index (χ1) is 10.6. The Balaban J connectivity index is 5.29. The largest absolute Gasteiger partial charge is 0.453 e. The molecule has 1 N–H and O–H groups in total. The predicted octanol–water partition coefficient (Wildman–Crippen LogP) is 4.69. The van der Waals surface area contributed by atoms with E-state index in [-0.39, 0.29) is 12.3 Å². The van der Waals surface area contributed by atoms with Crippen LogP contribution in [0.4, 0.5) is 4.79 Å². The van der Waals surface area contributed by atoms with Crippen LogP contribution in [0.25, 0.3) is 0 Å². The summed E-state index contributed by atoms with van der Waals surface area (Å²) in [6, 6.07) is 0. The molecule has 0 fully saturated rings. The molecule has 0 aliphatic heterocycles. The Morgan fingerprint density at radius 3 is 1.68 bits per heavy atom. The molecule has 0 aliphatic carbocycles. The topological polar surface area (TPSA) is 38.3 Å². The zero-order valence-electron chi connectivity index (χ0n) is 15.6. The van der Waals surface area contributed by atoms with Gasteiger partial charge in [0.25, 0.3) is 0 Å². The number of carbonyl (C=O) groups is 1. The fourth-order valence-corrected chi connectivity index (χ4v) is 3.17. The zero-order chi connectivity index (χ0) is 16.8. The number of unbranched alkanes of at least 4 members (excludes halogenated alkanes) is 3. The molecule has 0 rings (SSSR count). The van der Waals surface area contributed by atoms with E-state index in [2.05, 4.69) is 33.0 Å². The maximum absolute atomic E-state index is 11.8. The highest BCUT2D eigenvalue weighted by atomic mass is 16.5. The number of nitrogens with zero attached hydrogens (tertiary/aromatic N) is 1. The highest BCUT2D eigenvalue weighted by Gasteiger charge is 2.36. The molecule has 0 aromatic carbocycles. The smallest absolute Gasteiger partial charge is 0.411 e. The van der Waals surface area contributed by atoms with Gasteiger partial charge in [-0.15, -0.1) is 0 Å². The van der Waals surface area contributed by atoms with Crippen molar-refractivity contribution in [2.45, 2.75) is 85.2 Å². The molecule has 132 valence electrons. The number of carbonyl (C=O) groups excluding carboxylic acids is 1. The highest BCUT2D eigenvalue weighted by Crippen LogP contribution is 2.22. The normalized spacial score (nSPS) is 13.0. The number of hydrogen-bond acceptors (Lipinski definition) is 2. The third-order valence-electron chi connectivity index (χ3n) is 4.56. The van der Waals surface area contributed by atoms with Crippen molar-refractivity contribution < 1.29 is 14.0 Å². The summed E-state index contributed by atoms with van der Waals surface area (Å²) < 4.78 is 5.90. The SMILES string of the molecule is CCCC[N+](CCCC)(CCCC)C(CCC)NC(=O)OC. The van der Waals surface area contributed by atoms with Crippen molar-refractivity contribution in [3.8, 4) is 0 Å². The number of methoxy groups -OCH3 is 1. The molecule has 1 unspecified atom stereocenters. The molecule has 0 saturated carbocycles. The second kappa shape index (κ2) is 12.7. The van der Waals surface area contributed by atoms with Gasteiger partial charge in [-0.25, -0.2) is 4.79 Å². The first kappa shape index (κ1) is 21.2. The van der Waals surface area contributed by atoms with E-state index in [1.807, 2.05) is 0 Å². The first-order valence-electron chi connectivity index (χ1n) is 9.30. The molecular weight excluding hydrogens is 276 g/mol. The number of amides is 1. The van der Waals surface area contributed by atoms with E-state index in [4.69, 9.17) is 4.74 Å². The van der Waals surface area contributed by atoms with Crippen molar-refractivity contribution in [2.24, 2.45) is 0 Å². The molecule has 22 heavy (non-hydrogen) atoms. The molecule has 4 nitrogen and oxygen atoms in total. The first-order valence-corrected chi connectivity index (χ1v) is 9.30. The van der Waals surface area contributed by atoms with E-state index >= 15 is 0 Å². The van der Waals surface area contributed by atoms with Crippen LogP contribution >= 0.6 is 0 Å².